The predicted octanol–water partition coefficient (Wildman–Crippen LogP) is 3.83. The summed E-state index contributed by atoms with van der Waals surface area (Å²) in [5.74, 6) is -0.119. The first-order valence-corrected chi connectivity index (χ1v) is 10.1. The topological polar surface area (TPSA) is 71.2 Å². The Labute approximate surface area is 161 Å². The predicted molar refractivity (Wildman–Crippen MR) is 106 cm³/mol. The molecule has 1 aromatic carbocycles. The van der Waals surface area contributed by atoms with Gasteiger partial charge in [0.2, 0.25) is 0 Å². The highest BCUT2D eigenvalue weighted by Gasteiger charge is 2.21. The van der Waals surface area contributed by atoms with Gasteiger partial charge in [-0.1, -0.05) is 13.0 Å². The van der Waals surface area contributed by atoms with E-state index < -0.39 is 5.97 Å². The number of fused-ring (bicyclic) bond motifs is 3. The van der Waals surface area contributed by atoms with Crippen LogP contribution in [0.3, 0.4) is 0 Å². The molecule has 1 aliphatic rings. The van der Waals surface area contributed by atoms with Crippen molar-refractivity contribution in [3.8, 4) is 0 Å². The Balaban J connectivity index is 1.40. The summed E-state index contributed by atoms with van der Waals surface area (Å²) in [5, 5.41) is 5.80. The highest BCUT2D eigenvalue weighted by molar-refractivity contribution is 7.09. The average Bonchev–Trinajstić information content (AvgIpc) is 3.31. The number of hydrogen-bond donors (Lipinski definition) is 2. The Bertz CT molecular complexity index is 975. The number of aromatic nitrogens is 1. The van der Waals surface area contributed by atoms with Crippen molar-refractivity contribution in [1.29, 1.82) is 0 Å². The van der Waals surface area contributed by atoms with E-state index >= 15 is 0 Å². The number of nitrogens with one attached hydrogen (secondary N) is 2. The zero-order chi connectivity index (χ0) is 18.8. The summed E-state index contributed by atoms with van der Waals surface area (Å²) in [6.07, 6.45) is 3.27. The van der Waals surface area contributed by atoms with Crippen LogP contribution in [0.15, 0.2) is 35.7 Å². The number of thiophene rings is 1. The third-order valence-electron chi connectivity index (χ3n) is 5.04. The highest BCUT2D eigenvalue weighted by atomic mass is 32.1. The van der Waals surface area contributed by atoms with E-state index in [1.807, 2.05) is 29.6 Å². The molecular weight excluding hydrogens is 360 g/mol. The molecule has 2 heterocycles. The summed E-state index contributed by atoms with van der Waals surface area (Å²) in [6.45, 7) is 2.44. The number of rotatable bonds is 5. The number of carbonyl (C=O) groups is 2. The smallest absolute Gasteiger partial charge is 0.338 e. The highest BCUT2D eigenvalue weighted by Crippen LogP contribution is 2.32. The molecule has 3 aromatic rings. The molecular formula is C21H22N2O3S. The van der Waals surface area contributed by atoms with Gasteiger partial charge in [0.05, 0.1) is 12.1 Å². The minimum atomic E-state index is -0.470. The van der Waals surface area contributed by atoms with E-state index in [0.29, 0.717) is 18.0 Å². The first-order chi connectivity index (χ1) is 13.1. The Morgan fingerprint density at radius 1 is 1.33 bits per heavy atom. The molecule has 140 valence electrons. The lowest BCUT2D eigenvalue weighted by Gasteiger charge is -2.18. The molecule has 0 unspecified atom stereocenters. The monoisotopic (exact) mass is 382 g/mol. The summed E-state index contributed by atoms with van der Waals surface area (Å²) >= 11 is 1.57. The standard InChI is InChI=1S/C21H22N2O3S/c1-13-4-6-18-16(9-13)17-10-14(5-7-19(17)23-18)21(25)26-12-20(24)22-11-15-3-2-8-27-15/h2-3,5,7-8,10,13,23H,4,6,9,11-12H2,1H3,(H,22,24)/t13-/m0/s1. The van der Waals surface area contributed by atoms with Crippen LogP contribution in [0, 0.1) is 5.92 Å². The van der Waals surface area contributed by atoms with Crippen molar-refractivity contribution in [2.75, 3.05) is 6.61 Å². The van der Waals surface area contributed by atoms with E-state index in [2.05, 4.69) is 17.2 Å². The lowest BCUT2D eigenvalue weighted by Crippen LogP contribution is -2.28. The van der Waals surface area contributed by atoms with Crippen LogP contribution in [0.25, 0.3) is 10.9 Å². The molecule has 2 N–H and O–H groups in total. The Hall–Kier alpha value is -2.60. The quantitative estimate of drug-likeness (QED) is 0.659. The van der Waals surface area contributed by atoms with Crippen molar-refractivity contribution in [1.82, 2.24) is 10.3 Å². The van der Waals surface area contributed by atoms with Crippen molar-refractivity contribution >= 4 is 34.1 Å². The average molecular weight is 382 g/mol. The maximum absolute atomic E-state index is 12.4. The molecule has 6 heteroatoms. The van der Waals surface area contributed by atoms with E-state index in [4.69, 9.17) is 4.74 Å². The number of benzene rings is 1. The van der Waals surface area contributed by atoms with Crippen molar-refractivity contribution in [2.45, 2.75) is 32.7 Å². The van der Waals surface area contributed by atoms with Gasteiger partial charge >= 0.3 is 5.97 Å². The number of aryl methyl sites for hydroxylation is 1. The fourth-order valence-corrected chi connectivity index (χ4v) is 4.23. The van der Waals surface area contributed by atoms with E-state index in [0.717, 1.165) is 28.6 Å². The molecule has 0 spiro atoms. The maximum Gasteiger partial charge on any atom is 0.338 e. The third-order valence-corrected chi connectivity index (χ3v) is 5.92. The van der Waals surface area contributed by atoms with Gasteiger partial charge in [-0.3, -0.25) is 4.79 Å². The van der Waals surface area contributed by atoms with Gasteiger partial charge in [-0.25, -0.2) is 4.79 Å². The molecule has 1 amide bonds. The summed E-state index contributed by atoms with van der Waals surface area (Å²) < 4.78 is 5.19. The minimum Gasteiger partial charge on any atom is -0.452 e. The summed E-state index contributed by atoms with van der Waals surface area (Å²) in [7, 11) is 0. The second-order valence-electron chi connectivity index (χ2n) is 7.12. The number of carbonyl (C=O) groups excluding carboxylic acids is 2. The summed E-state index contributed by atoms with van der Waals surface area (Å²) in [6, 6.07) is 9.44. The van der Waals surface area contributed by atoms with Gasteiger partial charge in [-0.2, -0.15) is 0 Å². The van der Waals surface area contributed by atoms with Crippen LogP contribution in [0.4, 0.5) is 0 Å². The first-order valence-electron chi connectivity index (χ1n) is 9.20. The van der Waals surface area contributed by atoms with Crippen LogP contribution in [0.1, 0.15) is 39.8 Å². The summed E-state index contributed by atoms with van der Waals surface area (Å²) in [5.41, 5.74) is 4.13. The normalized spacial score (nSPS) is 16.1. The lowest BCUT2D eigenvalue weighted by atomic mass is 9.87. The van der Waals surface area contributed by atoms with E-state index in [1.54, 1.807) is 17.4 Å². The molecule has 0 radical (unpaired) electrons. The van der Waals surface area contributed by atoms with Crippen molar-refractivity contribution < 1.29 is 14.3 Å². The van der Waals surface area contributed by atoms with Crippen LogP contribution in [0.2, 0.25) is 0 Å². The molecule has 2 aromatic heterocycles. The molecule has 0 bridgehead atoms. The number of H-pyrrole nitrogens is 1. The third kappa shape index (κ3) is 3.90. The molecule has 0 saturated heterocycles. The van der Waals surface area contributed by atoms with Crippen molar-refractivity contribution in [3.63, 3.8) is 0 Å². The molecule has 0 fully saturated rings. The number of esters is 1. The second kappa shape index (κ2) is 7.56. The van der Waals surface area contributed by atoms with Gasteiger partial charge in [0.1, 0.15) is 0 Å². The van der Waals surface area contributed by atoms with Gasteiger partial charge in [0.15, 0.2) is 6.61 Å². The molecule has 0 saturated carbocycles. The number of hydrogen-bond acceptors (Lipinski definition) is 4. The van der Waals surface area contributed by atoms with Gasteiger partial charge < -0.3 is 15.0 Å². The Morgan fingerprint density at radius 2 is 2.22 bits per heavy atom. The molecule has 0 aliphatic heterocycles. The molecule has 4 rings (SSSR count). The van der Waals surface area contributed by atoms with Crippen molar-refractivity contribution in [2.24, 2.45) is 5.92 Å². The largest absolute Gasteiger partial charge is 0.452 e. The van der Waals surface area contributed by atoms with E-state index in [9.17, 15) is 9.59 Å². The Kier molecular flexibility index (Phi) is 4.99. The Morgan fingerprint density at radius 3 is 3.04 bits per heavy atom. The molecule has 1 aliphatic carbocycles. The zero-order valence-electron chi connectivity index (χ0n) is 15.2. The van der Waals surface area contributed by atoms with Gasteiger partial charge in [-0.05, 0) is 60.4 Å². The number of amides is 1. The lowest BCUT2D eigenvalue weighted by molar-refractivity contribution is -0.124. The van der Waals surface area contributed by atoms with Gasteiger partial charge in [-0.15, -0.1) is 11.3 Å². The molecule has 27 heavy (non-hydrogen) atoms. The van der Waals surface area contributed by atoms with Crippen LogP contribution in [0.5, 0.6) is 0 Å². The minimum absolute atomic E-state index is 0.273. The fourth-order valence-electron chi connectivity index (χ4n) is 3.58. The summed E-state index contributed by atoms with van der Waals surface area (Å²) in [4.78, 5) is 28.8. The second-order valence-corrected chi connectivity index (χ2v) is 8.15. The SMILES string of the molecule is C[C@H]1CCc2[nH]c3ccc(C(=O)OCC(=O)NCc4cccs4)cc3c2C1. The van der Waals surface area contributed by atoms with Crippen LogP contribution in [-0.4, -0.2) is 23.5 Å². The number of aromatic amines is 1. The number of ether oxygens (including phenoxy) is 1. The van der Waals surface area contributed by atoms with Crippen LogP contribution in [-0.2, 0) is 28.9 Å². The molecule has 1 atom stereocenters. The van der Waals surface area contributed by atoms with Crippen molar-refractivity contribution in [3.05, 3.63) is 57.4 Å². The van der Waals surface area contributed by atoms with E-state index in [1.165, 1.54) is 17.7 Å². The van der Waals surface area contributed by atoms with Gasteiger partial charge in [0.25, 0.3) is 5.91 Å². The van der Waals surface area contributed by atoms with Crippen LogP contribution >= 0.6 is 11.3 Å². The molecule has 5 nitrogen and oxygen atoms in total. The van der Waals surface area contributed by atoms with Gasteiger partial charge in [0, 0.05) is 21.5 Å². The maximum atomic E-state index is 12.4. The van der Waals surface area contributed by atoms with E-state index in [-0.39, 0.29) is 12.5 Å². The van der Waals surface area contributed by atoms with Crippen LogP contribution < -0.4 is 5.32 Å². The first kappa shape index (κ1) is 17.8. The fraction of sp³-hybridized carbons (Fsp3) is 0.333. The zero-order valence-corrected chi connectivity index (χ0v) is 16.0.